The Hall–Kier alpha value is 1.13. The number of aliphatic hydroxyl groups is 1. The molecule has 8 atom stereocenters. The van der Waals surface area contributed by atoms with Crippen LogP contribution in [0.3, 0.4) is 0 Å². The number of rotatable bonds is 0. The van der Waals surface area contributed by atoms with Gasteiger partial charge in [-0.1, -0.05) is 45.7 Å². The van der Waals surface area contributed by atoms with Crippen LogP contribution in [0, 0.1) is 10.8 Å². The van der Waals surface area contributed by atoms with Crippen molar-refractivity contribution in [1.82, 2.24) is 0 Å². The summed E-state index contributed by atoms with van der Waals surface area (Å²) >= 11 is 14.2. The lowest BCUT2D eigenvalue weighted by molar-refractivity contribution is -0.151. The van der Waals surface area contributed by atoms with Gasteiger partial charge in [0, 0.05) is 15.7 Å². The summed E-state index contributed by atoms with van der Waals surface area (Å²) in [5, 5.41) is 11.1. The topological polar surface area (TPSA) is 45.3 Å². The molecule has 2 heterocycles. The second kappa shape index (κ2) is 3.85. The van der Waals surface area contributed by atoms with E-state index in [9.17, 15) is 5.11 Å². The minimum Gasteiger partial charge on any atom is -0.392 e. The minimum absolute atomic E-state index is 0.0685. The molecule has 4 unspecified atom stereocenters. The molecule has 2 aliphatic heterocycles. The van der Waals surface area contributed by atoms with Crippen molar-refractivity contribution in [1.29, 1.82) is 0 Å². The van der Waals surface area contributed by atoms with E-state index in [-0.39, 0.29) is 33.5 Å². The third kappa shape index (κ3) is 1.49. The molecule has 0 bridgehead atoms. The van der Waals surface area contributed by atoms with Crippen LogP contribution in [0.25, 0.3) is 0 Å². The highest BCUT2D eigenvalue weighted by Crippen LogP contribution is 2.80. The summed E-state index contributed by atoms with van der Waals surface area (Å²) in [4.78, 5) is -0.315. The van der Waals surface area contributed by atoms with Gasteiger partial charge in [-0.25, -0.2) is 0 Å². The lowest BCUT2D eigenvalue weighted by atomic mass is 9.46. The monoisotopic (exact) mass is 442 g/mol. The zero-order valence-electron chi connectivity index (χ0n) is 12.6. The van der Waals surface area contributed by atoms with Crippen molar-refractivity contribution >= 4 is 43.5 Å². The van der Waals surface area contributed by atoms with Crippen LogP contribution >= 0.6 is 43.5 Å². The van der Waals surface area contributed by atoms with Gasteiger partial charge < -0.3 is 14.6 Å². The van der Waals surface area contributed by atoms with Gasteiger partial charge in [0.25, 0.3) is 0 Å². The quantitative estimate of drug-likeness (QED) is 0.459. The summed E-state index contributed by atoms with van der Waals surface area (Å²) in [6, 6.07) is 0. The van der Waals surface area contributed by atoms with E-state index in [1.165, 1.54) is 0 Å². The molecule has 4 aliphatic rings. The molecule has 120 valence electrons. The molecule has 3 nitrogen and oxygen atoms in total. The van der Waals surface area contributed by atoms with Crippen LogP contribution in [0.4, 0.5) is 0 Å². The molecule has 6 heteroatoms. The normalized spacial score (nSPS) is 67.4. The molecule has 2 aliphatic carbocycles. The molecule has 4 fully saturated rings. The van der Waals surface area contributed by atoms with Crippen LogP contribution in [0.15, 0.2) is 0 Å². The van der Waals surface area contributed by atoms with Crippen LogP contribution < -0.4 is 0 Å². The molecule has 4 rings (SSSR count). The second-order valence-electron chi connectivity index (χ2n) is 8.09. The van der Waals surface area contributed by atoms with E-state index < -0.39 is 15.5 Å². The molecule has 0 aromatic carbocycles. The molecule has 0 aromatic rings. The van der Waals surface area contributed by atoms with Gasteiger partial charge in [0.15, 0.2) is 4.51 Å². The molecule has 21 heavy (non-hydrogen) atoms. The van der Waals surface area contributed by atoms with Crippen molar-refractivity contribution in [2.45, 2.75) is 78.7 Å². The van der Waals surface area contributed by atoms with E-state index in [4.69, 9.17) is 21.1 Å². The van der Waals surface area contributed by atoms with Crippen molar-refractivity contribution in [2.75, 3.05) is 0 Å². The van der Waals surface area contributed by atoms with Gasteiger partial charge >= 0.3 is 0 Å². The summed E-state index contributed by atoms with van der Waals surface area (Å²) in [5.41, 5.74) is -0.983. The van der Waals surface area contributed by atoms with Crippen LogP contribution in [-0.2, 0) is 9.47 Å². The third-order valence-corrected chi connectivity index (χ3v) is 10.6. The largest absolute Gasteiger partial charge is 0.392 e. The summed E-state index contributed by atoms with van der Waals surface area (Å²) in [6.45, 7) is 8.50. The standard InChI is InChI=1S/C15H21Br2ClO3/c1-11(2)14(5-7(16)12(3,18)6-8(14)19)13(4)9(20-13)10-15(11,17)21-10/h7-10,19H,5-6H2,1-4H3/t7?,8?,9-,10-,12?,13-,14?,15-/m1/s1. The van der Waals surface area contributed by atoms with Crippen LogP contribution in [-0.4, -0.2) is 43.2 Å². The van der Waals surface area contributed by atoms with Gasteiger partial charge in [0.2, 0.25) is 0 Å². The van der Waals surface area contributed by atoms with Gasteiger partial charge in [-0.3, -0.25) is 0 Å². The minimum atomic E-state index is -0.515. The van der Waals surface area contributed by atoms with Gasteiger partial charge in [-0.15, -0.1) is 11.6 Å². The summed E-state index contributed by atoms with van der Waals surface area (Å²) in [7, 11) is 0. The maximum atomic E-state index is 11.1. The third-order valence-electron chi connectivity index (χ3n) is 6.91. The predicted octanol–water partition coefficient (Wildman–Crippen LogP) is 3.58. The first-order chi connectivity index (χ1) is 9.44. The number of epoxide rings is 2. The molecule has 0 radical (unpaired) electrons. The maximum Gasteiger partial charge on any atom is 0.157 e. The Bertz CT molecular complexity index is 527. The fraction of sp³-hybridized carbons (Fsp3) is 1.00. The van der Waals surface area contributed by atoms with E-state index in [1.54, 1.807) is 0 Å². The Labute approximate surface area is 147 Å². The first kappa shape index (κ1) is 15.6. The first-order valence-corrected chi connectivity index (χ1v) is 9.58. The van der Waals surface area contributed by atoms with E-state index >= 15 is 0 Å². The number of fused-ring (bicyclic) bond motifs is 4. The van der Waals surface area contributed by atoms with E-state index in [0.29, 0.717) is 6.42 Å². The molecule has 2 saturated heterocycles. The molecule has 0 amide bonds. The van der Waals surface area contributed by atoms with Crippen LogP contribution in [0.5, 0.6) is 0 Å². The number of alkyl halides is 3. The number of ether oxygens (including phenoxy) is 2. The number of halogens is 3. The second-order valence-corrected chi connectivity index (χ2v) is 11.2. The SMILES string of the molecule is CC1(Cl)CC(O)C2(CC1Br)C(C)(C)[C@]1(Br)O[C@@H]1[C@H]1O[C@]12C. The van der Waals surface area contributed by atoms with Crippen molar-refractivity contribution in [2.24, 2.45) is 10.8 Å². The fourth-order valence-corrected chi connectivity index (χ4v) is 7.01. The van der Waals surface area contributed by atoms with Gasteiger partial charge in [-0.05, 0) is 26.7 Å². The van der Waals surface area contributed by atoms with Crippen molar-refractivity contribution in [3.8, 4) is 0 Å². The highest BCUT2D eigenvalue weighted by Gasteiger charge is 2.90. The number of hydrogen-bond donors (Lipinski definition) is 1. The first-order valence-electron chi connectivity index (χ1n) is 7.50. The Morgan fingerprint density at radius 1 is 1.10 bits per heavy atom. The van der Waals surface area contributed by atoms with Gasteiger partial charge in [-0.2, -0.15) is 0 Å². The van der Waals surface area contributed by atoms with Crippen LogP contribution in [0.1, 0.15) is 40.5 Å². The Balaban J connectivity index is 1.85. The van der Waals surface area contributed by atoms with E-state index in [2.05, 4.69) is 52.6 Å². The Morgan fingerprint density at radius 3 is 2.33 bits per heavy atom. The van der Waals surface area contributed by atoms with Crippen LogP contribution in [0.2, 0.25) is 0 Å². The summed E-state index contributed by atoms with van der Waals surface area (Å²) in [5.74, 6) is 0. The summed E-state index contributed by atoms with van der Waals surface area (Å²) < 4.78 is 11.7. The van der Waals surface area contributed by atoms with Gasteiger partial charge in [0.05, 0.1) is 11.0 Å². The summed E-state index contributed by atoms with van der Waals surface area (Å²) in [6.07, 6.45) is 0.969. The fourth-order valence-electron chi connectivity index (χ4n) is 5.29. The highest BCUT2D eigenvalue weighted by molar-refractivity contribution is 9.10. The van der Waals surface area contributed by atoms with Gasteiger partial charge in [0.1, 0.15) is 17.8 Å². The molecule has 1 N–H and O–H groups in total. The zero-order chi connectivity index (χ0) is 15.6. The number of hydrogen-bond acceptors (Lipinski definition) is 3. The average Bonchev–Trinajstić information content (AvgIpc) is 3.19. The van der Waals surface area contributed by atoms with E-state index in [1.807, 2.05) is 6.92 Å². The van der Waals surface area contributed by atoms with Crippen molar-refractivity contribution < 1.29 is 14.6 Å². The highest BCUT2D eigenvalue weighted by atomic mass is 79.9. The predicted molar refractivity (Wildman–Crippen MR) is 88.2 cm³/mol. The Kier molecular flexibility index (Phi) is 2.87. The Morgan fingerprint density at radius 2 is 1.71 bits per heavy atom. The van der Waals surface area contributed by atoms with Crippen molar-refractivity contribution in [3.05, 3.63) is 0 Å². The zero-order valence-corrected chi connectivity index (χ0v) is 16.5. The van der Waals surface area contributed by atoms with Crippen molar-refractivity contribution in [3.63, 3.8) is 0 Å². The maximum absolute atomic E-state index is 11.1. The lowest BCUT2D eigenvalue weighted by Gasteiger charge is -2.60. The average molecular weight is 445 g/mol. The molecule has 2 saturated carbocycles. The molecular formula is C15H21Br2ClO3. The smallest absolute Gasteiger partial charge is 0.157 e. The van der Waals surface area contributed by atoms with E-state index in [0.717, 1.165) is 6.42 Å². The molecule has 1 spiro atoms. The molecule has 0 aromatic heterocycles. The lowest BCUT2D eigenvalue weighted by Crippen LogP contribution is -2.68. The number of aliphatic hydroxyl groups excluding tert-OH is 1. The molecular weight excluding hydrogens is 423 g/mol.